The average molecular weight is 297 g/mol. The fraction of sp³-hybridized carbons (Fsp3) is 0.538. The van der Waals surface area contributed by atoms with Crippen LogP contribution >= 0.6 is 0 Å². The van der Waals surface area contributed by atoms with Crippen LogP contribution in [0.25, 0.3) is 0 Å². The standard InChI is InChI=1S/C13H19N3O5/c1-13(2,3)4-7(11(19)20)5-14-9(17)8-6-15-12(21)16-10(8)18/h6-7H,4-5H2,1-3H3,(H,14,17)(H,19,20)(H2,15,16,18,21). The summed E-state index contributed by atoms with van der Waals surface area (Å²) in [4.78, 5) is 49.4. The van der Waals surface area contributed by atoms with Crippen molar-refractivity contribution in [1.82, 2.24) is 15.3 Å². The van der Waals surface area contributed by atoms with Crippen molar-refractivity contribution < 1.29 is 14.7 Å². The molecule has 0 aliphatic carbocycles. The second-order valence-electron chi connectivity index (χ2n) is 6.00. The summed E-state index contributed by atoms with van der Waals surface area (Å²) >= 11 is 0. The van der Waals surface area contributed by atoms with Gasteiger partial charge in [0.15, 0.2) is 0 Å². The van der Waals surface area contributed by atoms with Crippen LogP contribution in [0, 0.1) is 11.3 Å². The number of hydrogen-bond donors (Lipinski definition) is 4. The van der Waals surface area contributed by atoms with Gasteiger partial charge in [-0.15, -0.1) is 0 Å². The van der Waals surface area contributed by atoms with Crippen LogP contribution in [0.1, 0.15) is 37.6 Å². The monoisotopic (exact) mass is 297 g/mol. The number of aromatic nitrogens is 2. The average Bonchev–Trinajstić information content (AvgIpc) is 2.32. The zero-order valence-electron chi connectivity index (χ0n) is 12.1. The van der Waals surface area contributed by atoms with E-state index in [1.54, 1.807) is 0 Å². The molecule has 1 aromatic heterocycles. The van der Waals surface area contributed by atoms with Gasteiger partial charge in [0.25, 0.3) is 11.5 Å². The summed E-state index contributed by atoms with van der Waals surface area (Å²) in [5.41, 5.74) is -2.01. The lowest BCUT2D eigenvalue weighted by Crippen LogP contribution is -2.38. The second kappa shape index (κ2) is 6.38. The molecule has 1 rings (SSSR count). The minimum absolute atomic E-state index is 0.0933. The SMILES string of the molecule is CC(C)(C)CC(CNC(=O)c1c[nH]c(=O)[nH]c1=O)C(=O)O. The Hall–Kier alpha value is -2.38. The third-order valence-electron chi connectivity index (χ3n) is 2.78. The molecule has 0 aliphatic heterocycles. The van der Waals surface area contributed by atoms with Crippen molar-refractivity contribution in [1.29, 1.82) is 0 Å². The van der Waals surface area contributed by atoms with E-state index in [1.807, 2.05) is 25.8 Å². The molecule has 116 valence electrons. The van der Waals surface area contributed by atoms with Gasteiger partial charge in [-0.1, -0.05) is 20.8 Å². The van der Waals surface area contributed by atoms with Crippen LogP contribution < -0.4 is 16.6 Å². The quantitative estimate of drug-likeness (QED) is 0.604. The van der Waals surface area contributed by atoms with Crippen molar-refractivity contribution in [2.45, 2.75) is 27.2 Å². The Balaban J connectivity index is 2.76. The predicted octanol–water partition coefficient (Wildman–Crippen LogP) is -0.0700. The van der Waals surface area contributed by atoms with Gasteiger partial charge in [0.05, 0.1) is 5.92 Å². The molecular weight excluding hydrogens is 278 g/mol. The Morgan fingerprint density at radius 2 is 1.95 bits per heavy atom. The van der Waals surface area contributed by atoms with Crippen LogP contribution in [0.4, 0.5) is 0 Å². The summed E-state index contributed by atoms with van der Waals surface area (Å²) in [6, 6.07) is 0. The molecule has 0 radical (unpaired) electrons. The Kier molecular flexibility index (Phi) is 5.07. The van der Waals surface area contributed by atoms with E-state index in [0.717, 1.165) is 6.20 Å². The number of amides is 1. The highest BCUT2D eigenvalue weighted by Crippen LogP contribution is 2.24. The summed E-state index contributed by atoms with van der Waals surface area (Å²) in [5, 5.41) is 11.5. The number of carbonyl (C=O) groups excluding carboxylic acids is 1. The van der Waals surface area contributed by atoms with Gasteiger partial charge in [0.2, 0.25) is 0 Å². The first-order valence-corrected chi connectivity index (χ1v) is 6.43. The highest BCUT2D eigenvalue weighted by molar-refractivity contribution is 5.93. The lowest BCUT2D eigenvalue weighted by atomic mass is 9.84. The number of carboxylic acids is 1. The number of nitrogens with one attached hydrogen (secondary N) is 3. The van der Waals surface area contributed by atoms with E-state index in [-0.39, 0.29) is 17.5 Å². The van der Waals surface area contributed by atoms with Crippen molar-refractivity contribution in [2.24, 2.45) is 11.3 Å². The van der Waals surface area contributed by atoms with Gasteiger partial charge in [-0.3, -0.25) is 19.4 Å². The number of H-pyrrole nitrogens is 2. The maximum Gasteiger partial charge on any atom is 0.325 e. The molecule has 21 heavy (non-hydrogen) atoms. The lowest BCUT2D eigenvalue weighted by molar-refractivity contribution is -0.142. The fourth-order valence-corrected chi connectivity index (χ4v) is 1.88. The first-order chi connectivity index (χ1) is 9.60. The van der Waals surface area contributed by atoms with Crippen LogP contribution in [0.3, 0.4) is 0 Å². The molecule has 0 saturated carbocycles. The molecule has 0 aromatic carbocycles. The van der Waals surface area contributed by atoms with E-state index in [0.29, 0.717) is 6.42 Å². The summed E-state index contributed by atoms with van der Waals surface area (Å²) in [6.07, 6.45) is 1.38. The van der Waals surface area contributed by atoms with Crippen molar-refractivity contribution in [2.75, 3.05) is 6.54 Å². The Morgan fingerprint density at radius 3 is 2.43 bits per heavy atom. The van der Waals surface area contributed by atoms with E-state index in [4.69, 9.17) is 5.11 Å². The van der Waals surface area contributed by atoms with E-state index in [2.05, 4.69) is 10.3 Å². The maximum atomic E-state index is 11.8. The minimum Gasteiger partial charge on any atom is -0.481 e. The zero-order valence-corrected chi connectivity index (χ0v) is 12.1. The minimum atomic E-state index is -1.01. The smallest absolute Gasteiger partial charge is 0.325 e. The second-order valence-corrected chi connectivity index (χ2v) is 6.00. The van der Waals surface area contributed by atoms with E-state index in [1.165, 1.54) is 0 Å². The highest BCUT2D eigenvalue weighted by atomic mass is 16.4. The number of aromatic amines is 2. The van der Waals surface area contributed by atoms with E-state index < -0.39 is 29.0 Å². The summed E-state index contributed by atoms with van der Waals surface area (Å²) in [7, 11) is 0. The number of carbonyl (C=O) groups is 2. The molecule has 1 unspecified atom stereocenters. The van der Waals surface area contributed by atoms with Gasteiger partial charge < -0.3 is 15.4 Å². The molecule has 1 atom stereocenters. The largest absolute Gasteiger partial charge is 0.481 e. The van der Waals surface area contributed by atoms with Crippen molar-refractivity contribution in [3.63, 3.8) is 0 Å². The molecule has 0 aliphatic rings. The maximum absolute atomic E-state index is 11.8. The number of rotatable bonds is 5. The van der Waals surface area contributed by atoms with Gasteiger partial charge in [-0.2, -0.15) is 0 Å². The molecule has 0 fully saturated rings. The van der Waals surface area contributed by atoms with Crippen LogP contribution in [-0.2, 0) is 4.79 Å². The van der Waals surface area contributed by atoms with Gasteiger partial charge >= 0.3 is 11.7 Å². The molecule has 1 amide bonds. The Labute approximate surface area is 120 Å². The molecule has 8 nitrogen and oxygen atoms in total. The highest BCUT2D eigenvalue weighted by Gasteiger charge is 2.25. The Bertz CT molecular complexity index is 638. The number of carboxylic acid groups (broad SMARTS) is 1. The van der Waals surface area contributed by atoms with Crippen molar-refractivity contribution >= 4 is 11.9 Å². The summed E-state index contributed by atoms with van der Waals surface area (Å²) < 4.78 is 0. The summed E-state index contributed by atoms with van der Waals surface area (Å²) in [6.45, 7) is 5.61. The third-order valence-corrected chi connectivity index (χ3v) is 2.78. The molecule has 1 heterocycles. The molecule has 1 aromatic rings. The fourth-order valence-electron chi connectivity index (χ4n) is 1.88. The molecule has 4 N–H and O–H groups in total. The van der Waals surface area contributed by atoms with E-state index in [9.17, 15) is 19.2 Å². The molecule has 0 bridgehead atoms. The first-order valence-electron chi connectivity index (χ1n) is 6.43. The van der Waals surface area contributed by atoms with Crippen LogP contribution in [0.15, 0.2) is 15.8 Å². The molecular formula is C13H19N3O5. The van der Waals surface area contributed by atoms with Gasteiger partial charge in [-0.25, -0.2) is 4.79 Å². The molecule has 0 spiro atoms. The third kappa shape index (κ3) is 5.25. The Morgan fingerprint density at radius 1 is 1.33 bits per heavy atom. The van der Waals surface area contributed by atoms with Crippen LogP contribution in [-0.4, -0.2) is 33.5 Å². The van der Waals surface area contributed by atoms with Crippen LogP contribution in [0.2, 0.25) is 0 Å². The predicted molar refractivity (Wildman–Crippen MR) is 75.2 cm³/mol. The molecule has 0 saturated heterocycles. The number of aliphatic carboxylic acids is 1. The zero-order chi connectivity index (χ0) is 16.2. The normalized spacial score (nSPS) is 12.7. The first kappa shape index (κ1) is 16.7. The van der Waals surface area contributed by atoms with Gasteiger partial charge in [0.1, 0.15) is 5.56 Å². The summed E-state index contributed by atoms with van der Waals surface area (Å²) in [5.74, 6) is -2.50. The topological polar surface area (TPSA) is 132 Å². The van der Waals surface area contributed by atoms with Crippen molar-refractivity contribution in [3.05, 3.63) is 32.6 Å². The van der Waals surface area contributed by atoms with Gasteiger partial charge in [0, 0.05) is 12.7 Å². The molecule has 8 heteroatoms. The van der Waals surface area contributed by atoms with Gasteiger partial charge in [-0.05, 0) is 11.8 Å². The lowest BCUT2D eigenvalue weighted by Gasteiger charge is -2.23. The van der Waals surface area contributed by atoms with Crippen LogP contribution in [0.5, 0.6) is 0 Å². The number of hydrogen-bond acceptors (Lipinski definition) is 4. The van der Waals surface area contributed by atoms with Crippen molar-refractivity contribution in [3.8, 4) is 0 Å². The van der Waals surface area contributed by atoms with E-state index >= 15 is 0 Å².